The maximum atomic E-state index is 11.9. The van der Waals surface area contributed by atoms with Crippen LogP contribution in [0, 0.1) is 5.92 Å². The highest BCUT2D eigenvalue weighted by Gasteiger charge is 2.33. The Morgan fingerprint density at radius 3 is 2.81 bits per heavy atom. The topological polar surface area (TPSA) is 41.6 Å². The molecule has 0 radical (unpaired) electrons. The van der Waals surface area contributed by atoms with Gasteiger partial charge in [0.15, 0.2) is 0 Å². The lowest BCUT2D eigenvalue weighted by Crippen LogP contribution is -2.49. The number of rotatable bonds is 3. The highest BCUT2D eigenvalue weighted by Crippen LogP contribution is 2.31. The van der Waals surface area contributed by atoms with Gasteiger partial charge in [0.1, 0.15) is 0 Å². The predicted molar refractivity (Wildman–Crippen MR) is 83.3 cm³/mol. The van der Waals surface area contributed by atoms with Crippen LogP contribution in [-0.4, -0.2) is 36.7 Å². The molecule has 4 heteroatoms. The van der Waals surface area contributed by atoms with Crippen LogP contribution in [0.5, 0.6) is 0 Å². The van der Waals surface area contributed by atoms with Crippen molar-refractivity contribution >= 4 is 11.8 Å². The van der Waals surface area contributed by atoms with Gasteiger partial charge in [-0.1, -0.05) is 24.6 Å². The molecule has 2 atom stereocenters. The number of para-hydroxylation sites is 1. The molecule has 1 aromatic carbocycles. The molecule has 0 saturated carbocycles. The number of carbonyl (C=O) groups is 1. The van der Waals surface area contributed by atoms with Crippen molar-refractivity contribution in [2.24, 2.45) is 5.92 Å². The number of piperidine rings is 2. The molecule has 2 aliphatic rings. The standard InChI is InChI=1S/C17H24N2O2/c20-17(18-15-8-2-1-3-9-15)21-13-14-7-6-12-19-11-5-4-10-16(14)19/h1-3,8-9,14,16H,4-7,10-13H2,(H,18,20)/t14-,16+/m1/s1. The minimum absolute atomic E-state index is 0.339. The predicted octanol–water partition coefficient (Wildman–Crippen LogP) is 3.50. The van der Waals surface area contributed by atoms with E-state index in [9.17, 15) is 4.79 Å². The zero-order valence-corrected chi connectivity index (χ0v) is 12.5. The normalized spacial score (nSPS) is 25.9. The van der Waals surface area contributed by atoms with Crippen molar-refractivity contribution in [1.82, 2.24) is 4.90 Å². The van der Waals surface area contributed by atoms with Gasteiger partial charge in [-0.05, 0) is 50.9 Å². The van der Waals surface area contributed by atoms with Crippen LogP contribution in [0.4, 0.5) is 10.5 Å². The van der Waals surface area contributed by atoms with E-state index in [0.29, 0.717) is 18.6 Å². The Labute approximate surface area is 126 Å². The fourth-order valence-corrected chi connectivity index (χ4v) is 3.63. The molecule has 1 aromatic rings. The molecule has 1 amide bonds. The average molecular weight is 288 g/mol. The average Bonchev–Trinajstić information content (AvgIpc) is 2.54. The summed E-state index contributed by atoms with van der Waals surface area (Å²) < 4.78 is 5.46. The molecular formula is C17H24N2O2. The number of benzene rings is 1. The van der Waals surface area contributed by atoms with E-state index in [1.165, 1.54) is 45.2 Å². The van der Waals surface area contributed by atoms with Crippen molar-refractivity contribution in [2.75, 3.05) is 25.0 Å². The molecule has 3 rings (SSSR count). The van der Waals surface area contributed by atoms with Crippen molar-refractivity contribution < 1.29 is 9.53 Å². The molecular weight excluding hydrogens is 264 g/mol. The van der Waals surface area contributed by atoms with Crippen LogP contribution in [0.3, 0.4) is 0 Å². The molecule has 0 bridgehead atoms. The molecule has 2 fully saturated rings. The van der Waals surface area contributed by atoms with E-state index in [0.717, 1.165) is 5.69 Å². The molecule has 21 heavy (non-hydrogen) atoms. The van der Waals surface area contributed by atoms with E-state index in [4.69, 9.17) is 4.74 Å². The largest absolute Gasteiger partial charge is 0.449 e. The molecule has 0 unspecified atom stereocenters. The summed E-state index contributed by atoms with van der Waals surface area (Å²) >= 11 is 0. The summed E-state index contributed by atoms with van der Waals surface area (Å²) in [5.74, 6) is 0.501. The van der Waals surface area contributed by atoms with E-state index in [1.54, 1.807) is 0 Å². The Morgan fingerprint density at radius 2 is 1.95 bits per heavy atom. The minimum Gasteiger partial charge on any atom is -0.449 e. The monoisotopic (exact) mass is 288 g/mol. The van der Waals surface area contributed by atoms with Gasteiger partial charge < -0.3 is 4.74 Å². The third-order valence-electron chi connectivity index (χ3n) is 4.68. The third kappa shape index (κ3) is 3.76. The smallest absolute Gasteiger partial charge is 0.411 e. The lowest BCUT2D eigenvalue weighted by molar-refractivity contribution is 0.0261. The molecule has 0 aliphatic carbocycles. The second-order valence-corrected chi connectivity index (χ2v) is 6.09. The lowest BCUT2D eigenvalue weighted by Gasteiger charge is -2.44. The van der Waals surface area contributed by atoms with Crippen LogP contribution in [0.15, 0.2) is 30.3 Å². The summed E-state index contributed by atoms with van der Waals surface area (Å²) in [6, 6.07) is 10.1. The number of hydrogen-bond acceptors (Lipinski definition) is 3. The fourth-order valence-electron chi connectivity index (χ4n) is 3.63. The second-order valence-electron chi connectivity index (χ2n) is 6.09. The Kier molecular flexibility index (Phi) is 4.76. The zero-order valence-electron chi connectivity index (χ0n) is 12.5. The summed E-state index contributed by atoms with van der Waals surface area (Å²) in [5.41, 5.74) is 0.783. The molecule has 1 N–H and O–H groups in total. The lowest BCUT2D eigenvalue weighted by atomic mass is 9.84. The van der Waals surface area contributed by atoms with Gasteiger partial charge in [0.25, 0.3) is 0 Å². The number of amides is 1. The molecule has 114 valence electrons. The number of ether oxygens (including phenoxy) is 1. The molecule has 2 aliphatic heterocycles. The van der Waals surface area contributed by atoms with Gasteiger partial charge >= 0.3 is 6.09 Å². The van der Waals surface area contributed by atoms with Gasteiger partial charge in [-0.2, -0.15) is 0 Å². The zero-order chi connectivity index (χ0) is 14.5. The highest BCUT2D eigenvalue weighted by atomic mass is 16.5. The Balaban J connectivity index is 1.48. The number of hydrogen-bond donors (Lipinski definition) is 1. The Morgan fingerprint density at radius 1 is 1.14 bits per heavy atom. The van der Waals surface area contributed by atoms with E-state index in [1.807, 2.05) is 30.3 Å². The summed E-state index contributed by atoms with van der Waals surface area (Å²) in [6.45, 7) is 2.98. The Hall–Kier alpha value is -1.55. The summed E-state index contributed by atoms with van der Waals surface area (Å²) in [7, 11) is 0. The molecule has 4 nitrogen and oxygen atoms in total. The van der Waals surface area contributed by atoms with Crippen molar-refractivity contribution in [1.29, 1.82) is 0 Å². The minimum atomic E-state index is -0.339. The number of anilines is 1. The second kappa shape index (κ2) is 6.94. The SMILES string of the molecule is O=C(Nc1ccccc1)OC[C@H]1CCCN2CCCC[C@@H]12. The van der Waals surface area contributed by atoms with Crippen LogP contribution in [0.1, 0.15) is 32.1 Å². The van der Waals surface area contributed by atoms with E-state index < -0.39 is 0 Å². The molecule has 2 saturated heterocycles. The first-order valence-electron chi connectivity index (χ1n) is 8.06. The van der Waals surface area contributed by atoms with Gasteiger partial charge in [0.2, 0.25) is 0 Å². The van der Waals surface area contributed by atoms with Crippen molar-refractivity contribution in [2.45, 2.75) is 38.1 Å². The van der Waals surface area contributed by atoms with Crippen molar-refractivity contribution in [3.63, 3.8) is 0 Å². The third-order valence-corrected chi connectivity index (χ3v) is 4.68. The van der Waals surface area contributed by atoms with Crippen LogP contribution in [-0.2, 0) is 4.74 Å². The number of nitrogens with one attached hydrogen (secondary N) is 1. The summed E-state index contributed by atoms with van der Waals surface area (Å²) in [5, 5.41) is 2.78. The maximum absolute atomic E-state index is 11.9. The molecule has 0 aromatic heterocycles. The van der Waals surface area contributed by atoms with Crippen LogP contribution < -0.4 is 5.32 Å². The fraction of sp³-hybridized carbons (Fsp3) is 0.588. The molecule has 2 heterocycles. The maximum Gasteiger partial charge on any atom is 0.411 e. The quantitative estimate of drug-likeness (QED) is 0.925. The van der Waals surface area contributed by atoms with Crippen molar-refractivity contribution in [3.8, 4) is 0 Å². The van der Waals surface area contributed by atoms with Crippen molar-refractivity contribution in [3.05, 3.63) is 30.3 Å². The first kappa shape index (κ1) is 14.4. The van der Waals surface area contributed by atoms with Crippen LogP contribution >= 0.6 is 0 Å². The first-order valence-corrected chi connectivity index (χ1v) is 8.06. The Bertz CT molecular complexity index is 461. The first-order chi connectivity index (χ1) is 10.3. The van der Waals surface area contributed by atoms with Gasteiger partial charge in [0, 0.05) is 17.6 Å². The van der Waals surface area contributed by atoms with Gasteiger partial charge in [0.05, 0.1) is 6.61 Å². The summed E-state index contributed by atoms with van der Waals surface area (Å²) in [4.78, 5) is 14.5. The number of fused-ring (bicyclic) bond motifs is 1. The van der Waals surface area contributed by atoms with Gasteiger partial charge in [-0.15, -0.1) is 0 Å². The molecule has 0 spiro atoms. The highest BCUT2D eigenvalue weighted by molar-refractivity contribution is 5.84. The van der Waals surface area contributed by atoms with Crippen LogP contribution in [0.2, 0.25) is 0 Å². The van der Waals surface area contributed by atoms with Gasteiger partial charge in [-0.25, -0.2) is 4.79 Å². The van der Waals surface area contributed by atoms with E-state index in [-0.39, 0.29) is 6.09 Å². The van der Waals surface area contributed by atoms with Crippen LogP contribution in [0.25, 0.3) is 0 Å². The summed E-state index contributed by atoms with van der Waals surface area (Å²) in [6.07, 6.45) is 5.96. The number of carbonyl (C=O) groups excluding carboxylic acids is 1. The van der Waals surface area contributed by atoms with E-state index in [2.05, 4.69) is 10.2 Å². The van der Waals surface area contributed by atoms with Gasteiger partial charge in [-0.3, -0.25) is 10.2 Å². The van der Waals surface area contributed by atoms with E-state index >= 15 is 0 Å². The number of nitrogens with zero attached hydrogens (tertiary/aromatic N) is 1.